The van der Waals surface area contributed by atoms with Crippen LogP contribution in [0.25, 0.3) is 17.0 Å². The summed E-state index contributed by atoms with van der Waals surface area (Å²) >= 11 is 5.82. The first kappa shape index (κ1) is 12.3. The number of halogens is 1. The van der Waals surface area contributed by atoms with Crippen LogP contribution in [0.4, 0.5) is 0 Å². The van der Waals surface area contributed by atoms with Gasteiger partial charge in [-0.15, -0.1) is 0 Å². The molecule has 0 saturated carbocycles. The summed E-state index contributed by atoms with van der Waals surface area (Å²) in [5, 5.41) is 3.09. The average molecular weight is 265 g/mol. The van der Waals surface area contributed by atoms with E-state index in [9.17, 15) is 4.91 Å². The molecule has 7 heteroatoms. The summed E-state index contributed by atoms with van der Waals surface area (Å²) in [5.41, 5.74) is 0.952. The van der Waals surface area contributed by atoms with Crippen LogP contribution >= 0.6 is 11.6 Å². The molecular formula is C11H11ClN5O+. The predicted octanol–water partition coefficient (Wildman–Crippen LogP) is 1.95. The zero-order valence-electron chi connectivity index (χ0n) is 8.54. The van der Waals surface area contributed by atoms with Crippen LogP contribution in [0.15, 0.2) is 36.9 Å². The molecule has 2 heterocycles. The number of aromatic amines is 1. The molecule has 1 aromatic carbocycles. The predicted molar refractivity (Wildman–Crippen MR) is 68.3 cm³/mol. The minimum atomic E-state index is 0. The summed E-state index contributed by atoms with van der Waals surface area (Å²) in [4.78, 5) is 20.0. The standard InChI is InChI=1S/C10H7ClN5O.CH4/c11-7-1-2-8-9(5-7)16(17)14-10(13-8)15-4-3-12-6-15;/h1-6H,(H,13,14,17);1H4/q+1;. The molecule has 3 rings (SSSR count). The number of nitrogens with zero attached hydrogens (tertiary/aromatic N) is 4. The molecule has 92 valence electrons. The highest BCUT2D eigenvalue weighted by Crippen LogP contribution is 2.14. The molecule has 0 unspecified atom stereocenters. The van der Waals surface area contributed by atoms with Gasteiger partial charge in [0.05, 0.1) is 4.91 Å². The van der Waals surface area contributed by atoms with Gasteiger partial charge in [0.25, 0.3) is 5.95 Å². The Balaban J connectivity index is 0.00000120. The first-order chi connectivity index (χ1) is 8.24. The molecule has 2 aromatic heterocycles. The first-order valence-corrected chi connectivity index (χ1v) is 5.22. The Hall–Kier alpha value is -2.21. The highest BCUT2D eigenvalue weighted by Gasteiger charge is 2.12. The molecule has 0 amide bonds. The van der Waals surface area contributed by atoms with Gasteiger partial charge in [-0.1, -0.05) is 24.1 Å². The Morgan fingerprint density at radius 3 is 2.94 bits per heavy atom. The summed E-state index contributed by atoms with van der Waals surface area (Å²) in [6.07, 6.45) is 4.86. The van der Waals surface area contributed by atoms with Crippen LogP contribution in [0.1, 0.15) is 7.43 Å². The largest absolute Gasteiger partial charge is 0.319 e. The number of hydrogen-bond acceptors (Lipinski definition) is 3. The lowest BCUT2D eigenvalue weighted by atomic mass is 10.3. The molecule has 0 aliphatic heterocycles. The van der Waals surface area contributed by atoms with Gasteiger partial charge in [-0.25, -0.2) is 9.97 Å². The minimum Gasteiger partial charge on any atom is -0.272 e. The van der Waals surface area contributed by atoms with Gasteiger partial charge in [-0.05, 0) is 12.1 Å². The van der Waals surface area contributed by atoms with Crippen LogP contribution in [0.5, 0.6) is 0 Å². The number of aromatic nitrogens is 5. The van der Waals surface area contributed by atoms with Gasteiger partial charge in [0.15, 0.2) is 4.54 Å². The summed E-state index contributed by atoms with van der Waals surface area (Å²) < 4.78 is 2.24. The zero-order valence-corrected chi connectivity index (χ0v) is 9.30. The number of hydrogen-bond donors (Lipinski definition) is 1. The first-order valence-electron chi connectivity index (χ1n) is 4.84. The minimum absolute atomic E-state index is 0. The van der Waals surface area contributed by atoms with Crippen molar-refractivity contribution in [2.75, 3.05) is 0 Å². The second-order valence-electron chi connectivity index (χ2n) is 3.44. The van der Waals surface area contributed by atoms with Crippen molar-refractivity contribution >= 4 is 22.6 Å². The van der Waals surface area contributed by atoms with E-state index in [4.69, 9.17) is 11.6 Å². The molecule has 0 aliphatic rings. The number of nitrogens with one attached hydrogen (secondary N) is 1. The lowest BCUT2D eigenvalue weighted by Crippen LogP contribution is -2.23. The Kier molecular flexibility index (Phi) is 3.12. The molecule has 0 atom stereocenters. The molecule has 1 N–H and O–H groups in total. The van der Waals surface area contributed by atoms with Crippen LogP contribution in [-0.2, 0) is 0 Å². The summed E-state index contributed by atoms with van der Waals surface area (Å²) in [6.45, 7) is 0. The van der Waals surface area contributed by atoms with Crippen molar-refractivity contribution in [3.63, 3.8) is 0 Å². The third-order valence-corrected chi connectivity index (χ3v) is 2.57. The third-order valence-electron chi connectivity index (χ3n) is 2.33. The van der Waals surface area contributed by atoms with E-state index in [2.05, 4.69) is 15.1 Å². The second-order valence-corrected chi connectivity index (χ2v) is 3.88. The van der Waals surface area contributed by atoms with E-state index < -0.39 is 0 Å². The fraction of sp³-hybridized carbons (Fsp3) is 0.0909. The number of H-pyrrole nitrogens is 1. The molecular weight excluding hydrogens is 254 g/mol. The van der Waals surface area contributed by atoms with Crippen LogP contribution in [0.3, 0.4) is 0 Å². The van der Waals surface area contributed by atoms with E-state index >= 15 is 0 Å². The smallest absolute Gasteiger partial charge is 0.272 e. The summed E-state index contributed by atoms with van der Waals surface area (Å²) in [6, 6.07) is 4.94. The molecule has 6 nitrogen and oxygen atoms in total. The topological polar surface area (TPSA) is 69.5 Å². The van der Waals surface area contributed by atoms with Crippen molar-refractivity contribution in [3.05, 3.63) is 46.8 Å². The van der Waals surface area contributed by atoms with Crippen molar-refractivity contribution in [3.8, 4) is 5.95 Å². The van der Waals surface area contributed by atoms with Crippen LogP contribution < -0.4 is 4.54 Å². The van der Waals surface area contributed by atoms with Gasteiger partial charge in [-0.2, -0.15) is 0 Å². The van der Waals surface area contributed by atoms with Gasteiger partial charge in [0, 0.05) is 23.5 Å². The van der Waals surface area contributed by atoms with Crippen LogP contribution in [-0.4, -0.2) is 19.6 Å². The molecule has 0 spiro atoms. The molecule has 0 aliphatic carbocycles. The maximum atomic E-state index is 11.8. The monoisotopic (exact) mass is 264 g/mol. The molecule has 3 aromatic rings. The van der Waals surface area contributed by atoms with E-state index in [-0.39, 0.29) is 7.43 Å². The van der Waals surface area contributed by atoms with Crippen LogP contribution in [0, 0.1) is 4.91 Å². The van der Waals surface area contributed by atoms with Crippen molar-refractivity contribution in [1.82, 2.24) is 19.6 Å². The van der Waals surface area contributed by atoms with Crippen molar-refractivity contribution < 1.29 is 4.54 Å². The van der Waals surface area contributed by atoms with E-state index in [0.29, 0.717) is 26.5 Å². The van der Waals surface area contributed by atoms with Gasteiger partial charge in [0.1, 0.15) is 11.8 Å². The van der Waals surface area contributed by atoms with E-state index in [1.54, 1.807) is 41.5 Å². The Bertz CT molecular complexity index is 735. The van der Waals surface area contributed by atoms with Crippen molar-refractivity contribution in [2.24, 2.45) is 0 Å². The molecule has 18 heavy (non-hydrogen) atoms. The maximum Gasteiger partial charge on any atom is 0.319 e. The normalized spacial score (nSPS) is 10.3. The number of imidazole rings is 1. The number of fused-ring (bicyclic) bond motifs is 1. The van der Waals surface area contributed by atoms with Gasteiger partial charge in [0.2, 0.25) is 0 Å². The van der Waals surface area contributed by atoms with Gasteiger partial charge in [-0.3, -0.25) is 4.57 Å². The third kappa shape index (κ3) is 1.98. The maximum absolute atomic E-state index is 11.8. The molecule has 0 radical (unpaired) electrons. The van der Waals surface area contributed by atoms with E-state index in [1.165, 1.54) is 0 Å². The summed E-state index contributed by atoms with van der Waals surface area (Å²) in [5.74, 6) is 0.396. The SMILES string of the molecule is C.O=[n+]1[nH]c(-n2ccnc2)nc2ccc(Cl)cc21. The lowest BCUT2D eigenvalue weighted by Gasteiger charge is -1.97. The fourth-order valence-electron chi connectivity index (χ4n) is 1.54. The molecule has 0 fully saturated rings. The lowest BCUT2D eigenvalue weighted by molar-refractivity contribution is -0.536. The van der Waals surface area contributed by atoms with Crippen molar-refractivity contribution in [1.29, 1.82) is 0 Å². The number of benzene rings is 1. The van der Waals surface area contributed by atoms with Crippen molar-refractivity contribution in [2.45, 2.75) is 7.43 Å². The highest BCUT2D eigenvalue weighted by molar-refractivity contribution is 6.31. The fourth-order valence-corrected chi connectivity index (χ4v) is 1.71. The molecule has 0 saturated heterocycles. The Labute approximate surface area is 107 Å². The van der Waals surface area contributed by atoms with Gasteiger partial charge >= 0.3 is 5.52 Å². The van der Waals surface area contributed by atoms with E-state index in [0.717, 1.165) is 0 Å². The summed E-state index contributed by atoms with van der Waals surface area (Å²) in [7, 11) is 0. The Morgan fingerprint density at radius 2 is 2.22 bits per heavy atom. The number of rotatable bonds is 1. The van der Waals surface area contributed by atoms with Crippen LogP contribution in [0.2, 0.25) is 5.02 Å². The quantitative estimate of drug-likeness (QED) is 0.683. The zero-order chi connectivity index (χ0) is 11.8. The van der Waals surface area contributed by atoms with Gasteiger partial charge < -0.3 is 0 Å². The average Bonchev–Trinajstić information content (AvgIpc) is 2.83. The second kappa shape index (κ2) is 4.58. The van der Waals surface area contributed by atoms with E-state index in [1.807, 2.05) is 0 Å². The Morgan fingerprint density at radius 1 is 1.39 bits per heavy atom. The highest BCUT2D eigenvalue weighted by atomic mass is 35.5. The molecule has 0 bridgehead atoms.